The summed E-state index contributed by atoms with van der Waals surface area (Å²) in [6, 6.07) is 0. The third-order valence-electron chi connectivity index (χ3n) is 3.03. The van der Waals surface area contributed by atoms with Gasteiger partial charge in [-0.05, 0) is 12.8 Å². The maximum absolute atomic E-state index is 10.9. The first-order chi connectivity index (χ1) is 8.09. The number of aromatic nitrogens is 2. The van der Waals surface area contributed by atoms with Crippen LogP contribution in [-0.4, -0.2) is 39.1 Å². The lowest BCUT2D eigenvalue weighted by Crippen LogP contribution is -2.12. The molecule has 0 aromatic carbocycles. The predicted molar refractivity (Wildman–Crippen MR) is 58.7 cm³/mol. The second kappa shape index (κ2) is 4.80. The summed E-state index contributed by atoms with van der Waals surface area (Å²) in [7, 11) is 1.68. The third kappa shape index (κ3) is 2.45. The molecule has 0 aliphatic carbocycles. The largest absolute Gasteiger partial charge is 0.391 e. The number of nitrogens with zero attached hydrogens (tertiary/aromatic N) is 3. The van der Waals surface area contributed by atoms with Crippen LogP contribution in [0.5, 0.6) is 0 Å². The van der Waals surface area contributed by atoms with Crippen LogP contribution in [0.2, 0.25) is 0 Å². The van der Waals surface area contributed by atoms with E-state index in [1.165, 1.54) is 10.9 Å². The molecule has 1 saturated heterocycles. The standard InChI is InChI=1S/C10H15N3O4/c1-12-10(9(4-11-12)13(15)16)7-2-3-8(14)6-17-5-7/h4,7-8,14H,2-3,5-6H2,1H3/t7-,8+/m1/s1. The van der Waals surface area contributed by atoms with Crippen molar-refractivity contribution in [3.05, 3.63) is 22.0 Å². The van der Waals surface area contributed by atoms with E-state index in [0.717, 1.165) is 0 Å². The summed E-state index contributed by atoms with van der Waals surface area (Å²) in [4.78, 5) is 10.5. The minimum Gasteiger partial charge on any atom is -0.391 e. The van der Waals surface area contributed by atoms with Gasteiger partial charge in [0.2, 0.25) is 0 Å². The highest BCUT2D eigenvalue weighted by Gasteiger charge is 2.29. The van der Waals surface area contributed by atoms with E-state index in [2.05, 4.69) is 5.10 Å². The molecule has 0 unspecified atom stereocenters. The number of hydrogen-bond acceptors (Lipinski definition) is 5. The van der Waals surface area contributed by atoms with Gasteiger partial charge in [-0.2, -0.15) is 5.10 Å². The molecule has 1 aromatic heterocycles. The number of ether oxygens (including phenoxy) is 1. The van der Waals surface area contributed by atoms with E-state index in [0.29, 0.717) is 31.7 Å². The molecule has 2 rings (SSSR count). The Morgan fingerprint density at radius 3 is 3.06 bits per heavy atom. The van der Waals surface area contributed by atoms with Crippen molar-refractivity contribution in [2.45, 2.75) is 24.9 Å². The van der Waals surface area contributed by atoms with Gasteiger partial charge in [-0.1, -0.05) is 0 Å². The van der Waals surface area contributed by atoms with Gasteiger partial charge in [-0.25, -0.2) is 0 Å². The number of aliphatic hydroxyl groups is 1. The summed E-state index contributed by atoms with van der Waals surface area (Å²) in [6.45, 7) is 0.680. The Kier molecular flexibility index (Phi) is 3.39. The normalized spacial score (nSPS) is 25.5. The second-order valence-electron chi connectivity index (χ2n) is 4.26. The molecule has 2 atom stereocenters. The van der Waals surface area contributed by atoms with Crippen LogP contribution in [0.25, 0.3) is 0 Å². The molecule has 0 bridgehead atoms. The fourth-order valence-electron chi connectivity index (χ4n) is 2.17. The van der Waals surface area contributed by atoms with Crippen molar-refractivity contribution < 1.29 is 14.8 Å². The molecule has 0 saturated carbocycles. The molecular weight excluding hydrogens is 226 g/mol. The van der Waals surface area contributed by atoms with Crippen molar-refractivity contribution in [1.29, 1.82) is 0 Å². The molecular formula is C10H15N3O4. The van der Waals surface area contributed by atoms with Gasteiger partial charge in [0, 0.05) is 13.0 Å². The van der Waals surface area contributed by atoms with Gasteiger partial charge in [0.25, 0.3) is 0 Å². The van der Waals surface area contributed by atoms with Crippen LogP contribution < -0.4 is 0 Å². The Morgan fingerprint density at radius 2 is 2.35 bits per heavy atom. The number of hydrogen-bond donors (Lipinski definition) is 1. The zero-order valence-corrected chi connectivity index (χ0v) is 9.57. The summed E-state index contributed by atoms with van der Waals surface area (Å²) >= 11 is 0. The van der Waals surface area contributed by atoms with Gasteiger partial charge >= 0.3 is 5.69 Å². The van der Waals surface area contributed by atoms with Gasteiger partial charge in [0.05, 0.1) is 24.2 Å². The van der Waals surface area contributed by atoms with Crippen LogP contribution >= 0.6 is 0 Å². The van der Waals surface area contributed by atoms with Crippen LogP contribution in [-0.2, 0) is 11.8 Å². The van der Waals surface area contributed by atoms with Crippen LogP contribution in [0.4, 0.5) is 5.69 Å². The Balaban J connectivity index is 2.26. The van der Waals surface area contributed by atoms with Gasteiger partial charge in [-0.15, -0.1) is 0 Å². The molecule has 1 aromatic rings. The number of aliphatic hydroxyl groups excluding tert-OH is 1. The zero-order chi connectivity index (χ0) is 12.4. The van der Waals surface area contributed by atoms with Gasteiger partial charge in [0.1, 0.15) is 11.9 Å². The summed E-state index contributed by atoms with van der Waals surface area (Å²) in [5.41, 5.74) is 0.599. The first-order valence-electron chi connectivity index (χ1n) is 5.51. The van der Waals surface area contributed by atoms with Gasteiger partial charge < -0.3 is 9.84 Å². The SMILES string of the molecule is Cn1ncc([N+](=O)[O-])c1[C@@H]1CC[C@H](O)COC1. The zero-order valence-electron chi connectivity index (χ0n) is 9.57. The maximum atomic E-state index is 10.9. The minimum absolute atomic E-state index is 0.0255. The summed E-state index contributed by atoms with van der Waals surface area (Å²) in [6.07, 6.45) is 2.04. The highest BCUT2D eigenvalue weighted by atomic mass is 16.6. The van der Waals surface area contributed by atoms with E-state index in [-0.39, 0.29) is 11.6 Å². The average Bonchev–Trinajstić information content (AvgIpc) is 2.52. The van der Waals surface area contributed by atoms with Crippen molar-refractivity contribution in [1.82, 2.24) is 9.78 Å². The molecule has 2 heterocycles. The summed E-state index contributed by atoms with van der Waals surface area (Å²) in [5, 5.41) is 24.3. The number of aryl methyl sites for hydroxylation is 1. The van der Waals surface area contributed by atoms with Gasteiger partial charge in [-0.3, -0.25) is 14.8 Å². The quantitative estimate of drug-likeness (QED) is 0.604. The first kappa shape index (κ1) is 12.0. The van der Waals surface area contributed by atoms with Crippen LogP contribution in [0.3, 0.4) is 0 Å². The first-order valence-corrected chi connectivity index (χ1v) is 5.51. The molecule has 7 nitrogen and oxygen atoms in total. The van der Waals surface area contributed by atoms with Gasteiger partial charge in [0.15, 0.2) is 0 Å². The molecule has 1 aliphatic rings. The highest BCUT2D eigenvalue weighted by Crippen LogP contribution is 2.31. The van der Waals surface area contributed by atoms with Crippen molar-refractivity contribution in [3.8, 4) is 0 Å². The molecule has 0 amide bonds. The molecule has 1 N–H and O–H groups in total. The fourth-order valence-corrected chi connectivity index (χ4v) is 2.17. The average molecular weight is 241 g/mol. The Hall–Kier alpha value is -1.47. The Morgan fingerprint density at radius 1 is 1.59 bits per heavy atom. The maximum Gasteiger partial charge on any atom is 0.310 e. The molecule has 1 fully saturated rings. The molecule has 7 heteroatoms. The van der Waals surface area contributed by atoms with E-state index in [1.807, 2.05) is 0 Å². The van der Waals surface area contributed by atoms with Crippen LogP contribution in [0.1, 0.15) is 24.5 Å². The van der Waals surface area contributed by atoms with Crippen molar-refractivity contribution in [3.63, 3.8) is 0 Å². The van der Waals surface area contributed by atoms with E-state index in [9.17, 15) is 15.2 Å². The number of rotatable bonds is 2. The van der Waals surface area contributed by atoms with E-state index in [1.54, 1.807) is 7.05 Å². The highest BCUT2D eigenvalue weighted by molar-refractivity contribution is 5.36. The predicted octanol–water partition coefficient (Wildman–Crippen LogP) is 0.583. The third-order valence-corrected chi connectivity index (χ3v) is 3.03. The lowest BCUT2D eigenvalue weighted by Gasteiger charge is -2.13. The molecule has 17 heavy (non-hydrogen) atoms. The molecule has 94 valence electrons. The van der Waals surface area contributed by atoms with E-state index < -0.39 is 11.0 Å². The Labute approximate surface area is 98.1 Å². The smallest absolute Gasteiger partial charge is 0.310 e. The minimum atomic E-state index is -0.479. The van der Waals surface area contributed by atoms with E-state index >= 15 is 0 Å². The lowest BCUT2D eigenvalue weighted by molar-refractivity contribution is -0.385. The lowest BCUT2D eigenvalue weighted by atomic mass is 9.98. The van der Waals surface area contributed by atoms with Crippen molar-refractivity contribution >= 4 is 5.69 Å². The monoisotopic (exact) mass is 241 g/mol. The van der Waals surface area contributed by atoms with Crippen molar-refractivity contribution in [2.75, 3.05) is 13.2 Å². The summed E-state index contributed by atoms with van der Waals surface area (Å²) < 4.78 is 6.84. The van der Waals surface area contributed by atoms with Crippen LogP contribution in [0, 0.1) is 10.1 Å². The fraction of sp³-hybridized carbons (Fsp3) is 0.700. The molecule has 0 radical (unpaired) electrons. The Bertz CT molecular complexity index is 418. The number of nitro groups is 1. The topological polar surface area (TPSA) is 90.4 Å². The van der Waals surface area contributed by atoms with Crippen molar-refractivity contribution in [2.24, 2.45) is 7.05 Å². The molecule has 1 aliphatic heterocycles. The second-order valence-corrected chi connectivity index (χ2v) is 4.26. The van der Waals surface area contributed by atoms with Crippen LogP contribution in [0.15, 0.2) is 6.20 Å². The summed E-state index contributed by atoms with van der Waals surface area (Å²) in [5.74, 6) is -0.0833. The molecule has 0 spiro atoms. The van der Waals surface area contributed by atoms with E-state index in [4.69, 9.17) is 4.74 Å².